The molecule has 29 heavy (non-hydrogen) atoms. The highest BCUT2D eigenvalue weighted by Crippen LogP contribution is 2.32. The maximum Gasteiger partial charge on any atom is 0.213 e. The fourth-order valence-electron chi connectivity index (χ4n) is 3.55. The third-order valence-electron chi connectivity index (χ3n) is 4.96. The van der Waals surface area contributed by atoms with E-state index in [0.717, 1.165) is 41.9 Å². The topological polar surface area (TPSA) is 67.7 Å². The van der Waals surface area contributed by atoms with Gasteiger partial charge in [0.25, 0.3) is 0 Å². The number of ether oxygens (including phenoxy) is 2. The van der Waals surface area contributed by atoms with Crippen LogP contribution < -0.4 is 14.4 Å². The van der Waals surface area contributed by atoms with E-state index in [1.165, 1.54) is 12.1 Å². The minimum Gasteiger partial charge on any atom is -0.496 e. The van der Waals surface area contributed by atoms with Gasteiger partial charge in [0.15, 0.2) is 0 Å². The summed E-state index contributed by atoms with van der Waals surface area (Å²) in [4.78, 5) is 10.8. The Labute approximate surface area is 168 Å². The first-order chi connectivity index (χ1) is 14.2. The van der Waals surface area contributed by atoms with E-state index in [-0.39, 0.29) is 18.5 Å². The number of nitrogens with zero attached hydrogens (tertiary/aromatic N) is 3. The lowest BCUT2D eigenvalue weighted by Gasteiger charge is -2.21. The Morgan fingerprint density at radius 1 is 1.17 bits per heavy atom. The summed E-state index contributed by atoms with van der Waals surface area (Å²) in [7, 11) is 1.63. The zero-order chi connectivity index (χ0) is 20.2. The third kappa shape index (κ3) is 4.14. The zero-order valence-corrected chi connectivity index (χ0v) is 16.1. The molecule has 6 nitrogen and oxygen atoms in total. The molecule has 3 heterocycles. The van der Waals surface area contributed by atoms with Gasteiger partial charge in [-0.05, 0) is 30.3 Å². The molecule has 3 aromatic rings. The molecule has 2 aromatic heterocycles. The Hall–Kier alpha value is -3.19. The van der Waals surface area contributed by atoms with Gasteiger partial charge in [-0.1, -0.05) is 12.1 Å². The molecule has 1 saturated heterocycles. The van der Waals surface area contributed by atoms with Crippen LogP contribution in [-0.2, 0) is 6.61 Å². The molecule has 0 aliphatic carbocycles. The molecule has 0 saturated carbocycles. The number of para-hydroxylation sites is 1. The first kappa shape index (κ1) is 19.1. The molecule has 7 heteroatoms. The van der Waals surface area contributed by atoms with E-state index in [1.54, 1.807) is 7.11 Å². The van der Waals surface area contributed by atoms with Crippen LogP contribution in [0.5, 0.6) is 11.6 Å². The normalized spacial score (nSPS) is 16.1. The number of pyridine rings is 2. The molecule has 0 bridgehead atoms. The second-order valence-electron chi connectivity index (χ2n) is 6.81. The Kier molecular flexibility index (Phi) is 5.57. The summed E-state index contributed by atoms with van der Waals surface area (Å²) in [6.45, 7) is 1.25. The molecule has 0 unspecified atom stereocenters. The number of aromatic nitrogens is 2. The lowest BCUT2D eigenvalue weighted by molar-refractivity contribution is 0.215. The van der Waals surface area contributed by atoms with Crippen LogP contribution in [0.4, 0.5) is 10.1 Å². The first-order valence-electron chi connectivity index (χ1n) is 9.45. The number of anilines is 1. The minimum atomic E-state index is -0.390. The highest BCUT2D eigenvalue weighted by Gasteiger charge is 2.26. The summed E-state index contributed by atoms with van der Waals surface area (Å²) in [6.07, 6.45) is 1.89. The lowest BCUT2D eigenvalue weighted by Crippen LogP contribution is -2.26. The second kappa shape index (κ2) is 8.45. The molecule has 1 aromatic carbocycles. The fourth-order valence-corrected chi connectivity index (χ4v) is 3.55. The van der Waals surface area contributed by atoms with Crippen molar-refractivity contribution in [2.75, 3.05) is 25.1 Å². The van der Waals surface area contributed by atoms with E-state index < -0.39 is 0 Å². The van der Waals surface area contributed by atoms with Crippen molar-refractivity contribution in [2.45, 2.75) is 19.1 Å². The summed E-state index contributed by atoms with van der Waals surface area (Å²) >= 11 is 0. The quantitative estimate of drug-likeness (QED) is 0.690. The number of aliphatic hydroxyl groups is 1. The second-order valence-corrected chi connectivity index (χ2v) is 6.81. The van der Waals surface area contributed by atoms with Crippen LogP contribution in [0.25, 0.3) is 11.3 Å². The predicted octanol–water partition coefficient (Wildman–Crippen LogP) is 3.44. The SMILES string of the molecule is COc1ccccc1-c1ccc(N2CC[C@H](Oc3ccc(F)cn3)C2)c(CO)n1. The van der Waals surface area contributed by atoms with Crippen LogP contribution in [0.1, 0.15) is 12.1 Å². The lowest BCUT2D eigenvalue weighted by atomic mass is 10.1. The number of halogens is 1. The molecular formula is C22H22FN3O3. The third-order valence-corrected chi connectivity index (χ3v) is 4.96. The molecule has 1 aliphatic heterocycles. The largest absolute Gasteiger partial charge is 0.496 e. The van der Waals surface area contributed by atoms with E-state index in [0.29, 0.717) is 18.1 Å². The van der Waals surface area contributed by atoms with E-state index >= 15 is 0 Å². The summed E-state index contributed by atoms with van der Waals surface area (Å²) in [5, 5.41) is 9.91. The number of hydrogen-bond acceptors (Lipinski definition) is 6. The summed E-state index contributed by atoms with van der Waals surface area (Å²) in [6, 6.07) is 14.4. The maximum absolute atomic E-state index is 13.0. The van der Waals surface area contributed by atoms with Crippen molar-refractivity contribution >= 4 is 5.69 Å². The standard InChI is InChI=1S/C22H22FN3O3/c1-28-21-5-3-2-4-17(21)18-7-8-20(19(14-27)25-18)26-11-10-16(13-26)29-22-9-6-15(23)12-24-22/h2-9,12,16,27H,10-11,13-14H2,1H3/t16-/m0/s1. The zero-order valence-electron chi connectivity index (χ0n) is 16.1. The number of hydrogen-bond donors (Lipinski definition) is 1. The molecule has 1 aliphatic rings. The molecule has 0 spiro atoms. The summed E-state index contributed by atoms with van der Waals surface area (Å²) in [5.74, 6) is 0.752. The Morgan fingerprint density at radius 3 is 2.79 bits per heavy atom. The highest BCUT2D eigenvalue weighted by atomic mass is 19.1. The monoisotopic (exact) mass is 395 g/mol. The maximum atomic E-state index is 13.0. The van der Waals surface area contributed by atoms with Crippen molar-refractivity contribution in [1.82, 2.24) is 9.97 Å². The van der Waals surface area contributed by atoms with E-state index in [2.05, 4.69) is 14.9 Å². The average Bonchev–Trinajstić information content (AvgIpc) is 3.23. The number of aliphatic hydroxyl groups excluding tert-OH is 1. The number of benzene rings is 1. The van der Waals surface area contributed by atoms with Crippen molar-refractivity contribution in [2.24, 2.45) is 0 Å². The summed E-state index contributed by atoms with van der Waals surface area (Å²) < 4.78 is 24.3. The van der Waals surface area contributed by atoms with Crippen LogP contribution >= 0.6 is 0 Å². The van der Waals surface area contributed by atoms with Crippen LogP contribution in [0.3, 0.4) is 0 Å². The van der Waals surface area contributed by atoms with E-state index in [4.69, 9.17) is 9.47 Å². The molecule has 1 fully saturated rings. The van der Waals surface area contributed by atoms with Gasteiger partial charge in [0.2, 0.25) is 5.88 Å². The van der Waals surface area contributed by atoms with Crippen molar-refractivity contribution < 1.29 is 19.0 Å². The van der Waals surface area contributed by atoms with E-state index in [9.17, 15) is 9.50 Å². The van der Waals surface area contributed by atoms with Crippen LogP contribution in [0, 0.1) is 5.82 Å². The molecule has 1 atom stereocenters. The van der Waals surface area contributed by atoms with Crippen LogP contribution in [0.2, 0.25) is 0 Å². The van der Waals surface area contributed by atoms with Gasteiger partial charge in [0.1, 0.15) is 17.7 Å². The van der Waals surface area contributed by atoms with Crippen molar-refractivity contribution in [1.29, 1.82) is 0 Å². The minimum absolute atomic E-state index is 0.0617. The van der Waals surface area contributed by atoms with Gasteiger partial charge in [-0.2, -0.15) is 0 Å². The Morgan fingerprint density at radius 2 is 2.03 bits per heavy atom. The summed E-state index contributed by atoms with van der Waals surface area (Å²) in [5.41, 5.74) is 3.11. The van der Waals surface area contributed by atoms with E-state index in [1.807, 2.05) is 36.4 Å². The smallest absolute Gasteiger partial charge is 0.213 e. The average molecular weight is 395 g/mol. The number of rotatable bonds is 6. The van der Waals surface area contributed by atoms with Gasteiger partial charge in [-0.3, -0.25) is 0 Å². The fraction of sp³-hybridized carbons (Fsp3) is 0.273. The molecule has 1 N–H and O–H groups in total. The predicted molar refractivity (Wildman–Crippen MR) is 108 cm³/mol. The van der Waals surface area contributed by atoms with Crippen molar-refractivity contribution in [3.8, 4) is 22.9 Å². The van der Waals surface area contributed by atoms with Crippen LogP contribution in [-0.4, -0.2) is 41.4 Å². The molecule has 0 radical (unpaired) electrons. The van der Waals surface area contributed by atoms with Gasteiger partial charge in [0, 0.05) is 24.6 Å². The Balaban J connectivity index is 1.52. The molecule has 0 amide bonds. The molecule has 150 valence electrons. The molecular weight excluding hydrogens is 373 g/mol. The first-order valence-corrected chi connectivity index (χ1v) is 9.45. The van der Waals surface area contributed by atoms with Gasteiger partial charge < -0.3 is 19.5 Å². The van der Waals surface area contributed by atoms with Crippen molar-refractivity contribution in [3.05, 3.63) is 66.2 Å². The van der Waals surface area contributed by atoms with Gasteiger partial charge in [-0.25, -0.2) is 14.4 Å². The Bertz CT molecular complexity index is 981. The number of methoxy groups -OCH3 is 1. The molecule has 4 rings (SSSR count). The van der Waals surface area contributed by atoms with Gasteiger partial charge >= 0.3 is 0 Å². The van der Waals surface area contributed by atoms with Gasteiger partial charge in [-0.15, -0.1) is 0 Å². The van der Waals surface area contributed by atoms with Crippen LogP contribution in [0.15, 0.2) is 54.7 Å². The van der Waals surface area contributed by atoms with Gasteiger partial charge in [0.05, 0.1) is 43.5 Å². The van der Waals surface area contributed by atoms with Crippen molar-refractivity contribution in [3.63, 3.8) is 0 Å². The highest BCUT2D eigenvalue weighted by molar-refractivity contribution is 5.69.